The molecule has 2 aromatic rings. The third-order valence-corrected chi connectivity index (χ3v) is 3.22. The van der Waals surface area contributed by atoms with Gasteiger partial charge < -0.3 is 9.47 Å². The molecule has 2 aromatic carbocycles. The normalized spacial score (nSPS) is 10.2. The number of nitro benzene ring substituents is 1. The van der Waals surface area contributed by atoms with Crippen molar-refractivity contribution in [3.05, 3.63) is 63.2 Å². The van der Waals surface area contributed by atoms with E-state index in [1.807, 2.05) is 32.9 Å². The predicted octanol–water partition coefficient (Wildman–Crippen LogP) is 3.50. The fraction of sp³-hybridized carbons (Fsp3) is 0.235. The van der Waals surface area contributed by atoms with E-state index in [0.29, 0.717) is 11.5 Å². The summed E-state index contributed by atoms with van der Waals surface area (Å²) < 4.78 is 10.6. The molecule has 6 heteroatoms. The minimum absolute atomic E-state index is 0.0363. The molecule has 0 aliphatic heterocycles. The van der Waals surface area contributed by atoms with Crippen molar-refractivity contribution in [2.75, 3.05) is 6.61 Å². The van der Waals surface area contributed by atoms with Crippen LogP contribution in [0.15, 0.2) is 36.4 Å². The van der Waals surface area contributed by atoms with E-state index in [0.717, 1.165) is 16.7 Å². The number of carbonyl (C=O) groups excluding carboxylic acids is 1. The minimum atomic E-state index is -0.529. The first-order valence-corrected chi connectivity index (χ1v) is 7.02. The Morgan fingerprint density at radius 2 is 1.65 bits per heavy atom. The van der Waals surface area contributed by atoms with E-state index in [9.17, 15) is 14.9 Å². The fourth-order valence-electron chi connectivity index (χ4n) is 2.28. The second kappa shape index (κ2) is 6.91. The van der Waals surface area contributed by atoms with Crippen molar-refractivity contribution in [3.8, 4) is 11.5 Å². The molecule has 6 nitrogen and oxygen atoms in total. The second-order valence-corrected chi connectivity index (χ2v) is 5.24. The van der Waals surface area contributed by atoms with Crippen molar-refractivity contribution in [2.24, 2.45) is 0 Å². The molecule has 0 spiro atoms. The van der Waals surface area contributed by atoms with E-state index in [1.165, 1.54) is 24.3 Å². The lowest BCUT2D eigenvalue weighted by Crippen LogP contribution is -2.18. The number of benzene rings is 2. The van der Waals surface area contributed by atoms with Crippen LogP contribution < -0.4 is 9.47 Å². The molecule has 0 N–H and O–H groups in total. The van der Waals surface area contributed by atoms with Gasteiger partial charge >= 0.3 is 5.97 Å². The van der Waals surface area contributed by atoms with Gasteiger partial charge in [-0.25, -0.2) is 4.79 Å². The number of aryl methyl sites for hydroxylation is 3. The maximum absolute atomic E-state index is 11.9. The van der Waals surface area contributed by atoms with Crippen molar-refractivity contribution < 1.29 is 19.2 Å². The summed E-state index contributed by atoms with van der Waals surface area (Å²) in [5.74, 6) is 0.371. The van der Waals surface area contributed by atoms with Crippen molar-refractivity contribution in [1.29, 1.82) is 0 Å². The molecule has 0 aliphatic rings. The molecule has 0 saturated carbocycles. The van der Waals surface area contributed by atoms with Crippen LogP contribution in [0.5, 0.6) is 11.5 Å². The smallest absolute Gasteiger partial charge is 0.349 e. The molecule has 0 unspecified atom stereocenters. The topological polar surface area (TPSA) is 78.7 Å². The molecule has 0 atom stereocenters. The highest BCUT2D eigenvalue weighted by Crippen LogP contribution is 2.24. The maximum atomic E-state index is 11.9. The van der Waals surface area contributed by atoms with E-state index in [4.69, 9.17) is 9.47 Å². The quantitative estimate of drug-likeness (QED) is 0.365. The van der Waals surface area contributed by atoms with Crippen LogP contribution in [0.3, 0.4) is 0 Å². The number of rotatable bonds is 5. The molecule has 0 aliphatic carbocycles. The third kappa shape index (κ3) is 4.29. The van der Waals surface area contributed by atoms with Crippen LogP contribution in [0.25, 0.3) is 0 Å². The van der Waals surface area contributed by atoms with Crippen molar-refractivity contribution >= 4 is 11.7 Å². The second-order valence-electron chi connectivity index (χ2n) is 5.24. The summed E-state index contributed by atoms with van der Waals surface area (Å²) in [4.78, 5) is 22.0. The van der Waals surface area contributed by atoms with E-state index in [1.54, 1.807) is 0 Å². The molecule has 2 rings (SSSR count). The van der Waals surface area contributed by atoms with E-state index in [2.05, 4.69) is 0 Å². The van der Waals surface area contributed by atoms with Gasteiger partial charge in [-0.2, -0.15) is 0 Å². The van der Waals surface area contributed by atoms with Gasteiger partial charge in [0.2, 0.25) is 0 Å². The van der Waals surface area contributed by atoms with Gasteiger partial charge in [-0.05, 0) is 44.0 Å². The van der Waals surface area contributed by atoms with Gasteiger partial charge in [0.1, 0.15) is 11.5 Å². The van der Waals surface area contributed by atoms with Crippen LogP contribution in [0.2, 0.25) is 0 Å². The Hall–Kier alpha value is -2.89. The summed E-state index contributed by atoms with van der Waals surface area (Å²) >= 11 is 0. The van der Waals surface area contributed by atoms with Crippen molar-refractivity contribution in [3.63, 3.8) is 0 Å². The van der Waals surface area contributed by atoms with Crippen LogP contribution >= 0.6 is 0 Å². The summed E-state index contributed by atoms with van der Waals surface area (Å²) in [6.45, 7) is 5.45. The first-order valence-electron chi connectivity index (χ1n) is 7.02. The number of ether oxygens (including phenoxy) is 2. The molecule has 0 heterocycles. The minimum Gasteiger partial charge on any atom is -0.482 e. The highest BCUT2D eigenvalue weighted by Gasteiger charge is 2.12. The number of esters is 1. The fourth-order valence-corrected chi connectivity index (χ4v) is 2.28. The average molecular weight is 315 g/mol. The number of carbonyl (C=O) groups is 1. The van der Waals surface area contributed by atoms with Crippen LogP contribution in [-0.2, 0) is 4.79 Å². The molecule has 23 heavy (non-hydrogen) atoms. The van der Waals surface area contributed by atoms with Crippen LogP contribution in [-0.4, -0.2) is 17.5 Å². The number of nitro groups is 1. The third-order valence-electron chi connectivity index (χ3n) is 3.22. The molecule has 120 valence electrons. The highest BCUT2D eigenvalue weighted by molar-refractivity contribution is 5.75. The maximum Gasteiger partial charge on any atom is 0.349 e. The molecular formula is C17H17NO5. The standard InChI is InChI=1S/C17H17NO5/c1-11-8-12(2)17(13(3)9-11)23-16(19)10-22-15-6-4-14(5-7-15)18(20)21/h4-9H,10H2,1-3H3. The molecule has 0 fully saturated rings. The lowest BCUT2D eigenvalue weighted by molar-refractivity contribution is -0.384. The van der Waals surface area contributed by atoms with Crippen LogP contribution in [0, 0.1) is 30.9 Å². The van der Waals surface area contributed by atoms with Gasteiger partial charge in [-0.15, -0.1) is 0 Å². The first kappa shape index (κ1) is 16.5. The van der Waals surface area contributed by atoms with Gasteiger partial charge in [0.15, 0.2) is 6.61 Å². The van der Waals surface area contributed by atoms with Crippen LogP contribution in [0.1, 0.15) is 16.7 Å². The van der Waals surface area contributed by atoms with Crippen molar-refractivity contribution in [2.45, 2.75) is 20.8 Å². The van der Waals surface area contributed by atoms with Gasteiger partial charge in [-0.1, -0.05) is 17.7 Å². The molecule has 0 amide bonds. The Morgan fingerprint density at radius 3 is 2.17 bits per heavy atom. The summed E-state index contributed by atoms with van der Waals surface area (Å²) in [6, 6.07) is 9.38. The Morgan fingerprint density at radius 1 is 1.09 bits per heavy atom. The summed E-state index contributed by atoms with van der Waals surface area (Å²) in [5, 5.41) is 10.6. The number of hydrogen-bond acceptors (Lipinski definition) is 5. The lowest BCUT2D eigenvalue weighted by Gasteiger charge is -2.12. The molecular weight excluding hydrogens is 298 g/mol. The first-order chi connectivity index (χ1) is 10.9. The lowest BCUT2D eigenvalue weighted by atomic mass is 10.1. The van der Waals surface area contributed by atoms with E-state index >= 15 is 0 Å². The highest BCUT2D eigenvalue weighted by atomic mass is 16.6. The number of hydrogen-bond donors (Lipinski definition) is 0. The Kier molecular flexibility index (Phi) is 4.95. The molecule has 0 aromatic heterocycles. The summed E-state index contributed by atoms with van der Waals surface area (Å²) in [6.07, 6.45) is 0. The largest absolute Gasteiger partial charge is 0.482 e. The molecule has 0 radical (unpaired) electrons. The van der Waals surface area contributed by atoms with Crippen LogP contribution in [0.4, 0.5) is 5.69 Å². The number of non-ortho nitro benzene ring substituents is 1. The predicted molar refractivity (Wildman–Crippen MR) is 84.9 cm³/mol. The zero-order valence-electron chi connectivity index (χ0n) is 13.2. The molecule has 0 bridgehead atoms. The van der Waals surface area contributed by atoms with Gasteiger partial charge in [0.25, 0.3) is 5.69 Å². The zero-order valence-corrected chi connectivity index (χ0v) is 13.2. The van der Waals surface area contributed by atoms with Gasteiger partial charge in [0, 0.05) is 12.1 Å². The Bertz CT molecular complexity index is 714. The Balaban J connectivity index is 1.96. The summed E-state index contributed by atoms with van der Waals surface area (Å²) in [7, 11) is 0. The van der Waals surface area contributed by atoms with E-state index in [-0.39, 0.29) is 12.3 Å². The summed E-state index contributed by atoms with van der Waals surface area (Å²) in [5.41, 5.74) is 2.82. The van der Waals surface area contributed by atoms with E-state index < -0.39 is 10.9 Å². The zero-order chi connectivity index (χ0) is 17.0. The van der Waals surface area contributed by atoms with Crippen molar-refractivity contribution in [1.82, 2.24) is 0 Å². The van der Waals surface area contributed by atoms with Gasteiger partial charge in [0.05, 0.1) is 4.92 Å². The Labute approximate surface area is 133 Å². The molecule has 0 saturated heterocycles. The SMILES string of the molecule is Cc1cc(C)c(OC(=O)COc2ccc([N+](=O)[O-])cc2)c(C)c1. The average Bonchev–Trinajstić information content (AvgIpc) is 2.49. The number of nitrogens with zero attached hydrogens (tertiary/aromatic N) is 1. The monoisotopic (exact) mass is 315 g/mol. The van der Waals surface area contributed by atoms with Gasteiger partial charge in [-0.3, -0.25) is 10.1 Å².